The van der Waals surface area contributed by atoms with Crippen molar-refractivity contribution in [3.63, 3.8) is 0 Å². The Morgan fingerprint density at radius 3 is 2.59 bits per heavy atom. The van der Waals surface area contributed by atoms with Crippen LogP contribution in [0.15, 0.2) is 18.2 Å². The molecule has 1 aliphatic rings. The van der Waals surface area contributed by atoms with Crippen molar-refractivity contribution in [2.45, 2.75) is 39.2 Å². The van der Waals surface area contributed by atoms with Gasteiger partial charge in [0.15, 0.2) is 0 Å². The monoisotopic (exact) mass is 255 g/mol. The Bertz CT molecular complexity index is 417. The maximum absolute atomic E-state index is 13.5. The summed E-state index contributed by atoms with van der Waals surface area (Å²) in [4.78, 5) is 0. The highest BCUT2D eigenvalue weighted by Gasteiger charge is 2.46. The number of nitrogens with one attached hydrogen (secondary N) is 1. The number of benzene rings is 1. The van der Waals surface area contributed by atoms with E-state index in [-0.39, 0.29) is 16.8 Å². The van der Waals surface area contributed by atoms with Gasteiger partial charge in [-0.05, 0) is 48.6 Å². The highest BCUT2D eigenvalue weighted by molar-refractivity contribution is 6.31. The summed E-state index contributed by atoms with van der Waals surface area (Å²) in [7, 11) is 0. The Morgan fingerprint density at radius 2 is 2.06 bits per heavy atom. The van der Waals surface area contributed by atoms with Crippen molar-refractivity contribution in [2.24, 2.45) is 5.41 Å². The van der Waals surface area contributed by atoms with Gasteiger partial charge < -0.3 is 5.32 Å². The summed E-state index contributed by atoms with van der Waals surface area (Å²) >= 11 is 6.27. The molecule has 1 aliphatic heterocycles. The van der Waals surface area contributed by atoms with Gasteiger partial charge in [0.05, 0.1) is 0 Å². The van der Waals surface area contributed by atoms with E-state index in [0.717, 1.165) is 24.9 Å². The lowest BCUT2D eigenvalue weighted by molar-refractivity contribution is 0.160. The van der Waals surface area contributed by atoms with E-state index in [2.05, 4.69) is 26.1 Å². The van der Waals surface area contributed by atoms with Gasteiger partial charge >= 0.3 is 0 Å². The van der Waals surface area contributed by atoms with Gasteiger partial charge in [-0.2, -0.15) is 0 Å². The summed E-state index contributed by atoms with van der Waals surface area (Å²) in [5.41, 5.74) is 0.678. The third-order valence-electron chi connectivity index (χ3n) is 3.82. The number of halogens is 2. The van der Waals surface area contributed by atoms with Crippen molar-refractivity contribution < 1.29 is 4.39 Å². The van der Waals surface area contributed by atoms with Crippen LogP contribution in [0.2, 0.25) is 5.02 Å². The molecule has 94 valence electrons. The average molecular weight is 256 g/mol. The van der Waals surface area contributed by atoms with Gasteiger partial charge in [0.25, 0.3) is 0 Å². The third kappa shape index (κ3) is 2.09. The zero-order valence-electron chi connectivity index (χ0n) is 10.6. The van der Waals surface area contributed by atoms with Gasteiger partial charge in [-0.25, -0.2) is 4.39 Å². The van der Waals surface area contributed by atoms with Crippen LogP contribution in [0.5, 0.6) is 0 Å². The molecule has 0 saturated carbocycles. The molecule has 3 heteroatoms. The lowest BCUT2D eigenvalue weighted by atomic mass is 9.68. The van der Waals surface area contributed by atoms with Crippen LogP contribution < -0.4 is 5.32 Å². The molecule has 0 spiro atoms. The van der Waals surface area contributed by atoms with Crippen LogP contribution >= 0.6 is 11.6 Å². The predicted molar refractivity (Wildman–Crippen MR) is 69.8 cm³/mol. The summed E-state index contributed by atoms with van der Waals surface area (Å²) in [6, 6.07) is 4.64. The lowest BCUT2D eigenvalue weighted by Gasteiger charge is -2.43. The van der Waals surface area contributed by atoms with E-state index in [1.165, 1.54) is 6.07 Å². The molecule has 0 amide bonds. The van der Waals surface area contributed by atoms with E-state index in [4.69, 9.17) is 11.6 Å². The van der Waals surface area contributed by atoms with E-state index in [0.29, 0.717) is 5.02 Å². The third-order valence-corrected chi connectivity index (χ3v) is 4.15. The van der Waals surface area contributed by atoms with E-state index in [9.17, 15) is 4.39 Å². The van der Waals surface area contributed by atoms with Crippen molar-refractivity contribution in [2.75, 3.05) is 6.54 Å². The summed E-state index contributed by atoms with van der Waals surface area (Å²) < 4.78 is 13.5. The van der Waals surface area contributed by atoms with E-state index in [1.807, 2.05) is 0 Å². The van der Waals surface area contributed by atoms with Crippen molar-refractivity contribution in [3.05, 3.63) is 34.6 Å². The van der Waals surface area contributed by atoms with Crippen LogP contribution in [0, 0.1) is 11.2 Å². The van der Waals surface area contributed by atoms with E-state index < -0.39 is 0 Å². The standard InChI is InChI=1S/C14H19ClFN/c1-13(2,3)14(7-4-8-17-14)11-9-10(16)5-6-12(11)15/h5-6,9,17H,4,7-8H2,1-3H3. The lowest BCUT2D eigenvalue weighted by Crippen LogP contribution is -2.48. The Morgan fingerprint density at radius 1 is 1.35 bits per heavy atom. The molecule has 1 nitrogen and oxygen atoms in total. The first-order valence-electron chi connectivity index (χ1n) is 6.07. The zero-order valence-corrected chi connectivity index (χ0v) is 11.4. The Kier molecular flexibility index (Phi) is 3.21. The van der Waals surface area contributed by atoms with Crippen LogP contribution in [0.1, 0.15) is 39.2 Å². The fraction of sp³-hybridized carbons (Fsp3) is 0.571. The fourth-order valence-corrected chi connectivity index (χ4v) is 3.12. The highest BCUT2D eigenvalue weighted by Crippen LogP contribution is 2.47. The predicted octanol–water partition coefficient (Wildman–Crippen LogP) is 4.10. The molecule has 0 bridgehead atoms. The molecule has 1 atom stereocenters. The van der Waals surface area contributed by atoms with Gasteiger partial charge in [-0.3, -0.25) is 0 Å². The van der Waals surface area contributed by atoms with Crippen LogP contribution in [0.25, 0.3) is 0 Å². The molecule has 1 fully saturated rings. The maximum atomic E-state index is 13.5. The van der Waals surface area contributed by atoms with Crippen LogP contribution in [0.3, 0.4) is 0 Å². The SMILES string of the molecule is CC(C)(C)C1(c2cc(F)ccc2Cl)CCCN1. The molecule has 1 N–H and O–H groups in total. The zero-order chi connectivity index (χ0) is 12.7. The van der Waals surface area contributed by atoms with Crippen molar-refractivity contribution in [1.29, 1.82) is 0 Å². The summed E-state index contributed by atoms with van der Waals surface area (Å²) in [6.07, 6.45) is 2.10. The van der Waals surface area contributed by atoms with Crippen molar-refractivity contribution in [3.8, 4) is 0 Å². The molecule has 17 heavy (non-hydrogen) atoms. The van der Waals surface area contributed by atoms with Crippen molar-refractivity contribution >= 4 is 11.6 Å². The molecule has 2 rings (SSSR count). The minimum Gasteiger partial charge on any atom is -0.307 e. The minimum absolute atomic E-state index is 0.000926. The molecule has 1 aromatic rings. The van der Waals surface area contributed by atoms with Gasteiger partial charge in [0.1, 0.15) is 5.82 Å². The van der Waals surface area contributed by atoms with Crippen LogP contribution in [-0.2, 0) is 5.54 Å². The number of hydrogen-bond donors (Lipinski definition) is 1. The second-order valence-corrected chi connectivity index (χ2v) is 6.22. The summed E-state index contributed by atoms with van der Waals surface area (Å²) in [6.45, 7) is 7.48. The van der Waals surface area contributed by atoms with Crippen LogP contribution in [-0.4, -0.2) is 6.54 Å². The molecular formula is C14H19ClFN. The van der Waals surface area contributed by atoms with Gasteiger partial charge in [-0.1, -0.05) is 32.4 Å². The largest absolute Gasteiger partial charge is 0.307 e. The molecular weight excluding hydrogens is 237 g/mol. The average Bonchev–Trinajstić information content (AvgIpc) is 2.71. The van der Waals surface area contributed by atoms with Gasteiger partial charge in [0.2, 0.25) is 0 Å². The Labute approximate surface area is 107 Å². The van der Waals surface area contributed by atoms with E-state index >= 15 is 0 Å². The first kappa shape index (κ1) is 12.8. The molecule has 1 unspecified atom stereocenters. The first-order chi connectivity index (χ1) is 7.87. The molecule has 1 heterocycles. The van der Waals surface area contributed by atoms with E-state index in [1.54, 1.807) is 12.1 Å². The van der Waals surface area contributed by atoms with Crippen LogP contribution in [0.4, 0.5) is 4.39 Å². The number of hydrogen-bond acceptors (Lipinski definition) is 1. The number of rotatable bonds is 1. The summed E-state index contributed by atoms with van der Waals surface area (Å²) in [5, 5.41) is 4.19. The maximum Gasteiger partial charge on any atom is 0.123 e. The fourth-order valence-electron chi connectivity index (χ4n) is 2.84. The highest BCUT2D eigenvalue weighted by atomic mass is 35.5. The quantitative estimate of drug-likeness (QED) is 0.797. The second-order valence-electron chi connectivity index (χ2n) is 5.81. The first-order valence-corrected chi connectivity index (χ1v) is 6.45. The Balaban J connectivity index is 2.57. The summed E-state index contributed by atoms with van der Waals surface area (Å²) in [5.74, 6) is -0.221. The second kappa shape index (κ2) is 4.25. The van der Waals surface area contributed by atoms with Gasteiger partial charge in [0, 0.05) is 10.6 Å². The topological polar surface area (TPSA) is 12.0 Å². The molecule has 1 saturated heterocycles. The molecule has 1 aromatic carbocycles. The molecule has 0 radical (unpaired) electrons. The normalized spacial score (nSPS) is 25.2. The van der Waals surface area contributed by atoms with Gasteiger partial charge in [-0.15, -0.1) is 0 Å². The van der Waals surface area contributed by atoms with Crippen molar-refractivity contribution in [1.82, 2.24) is 5.32 Å². The minimum atomic E-state index is -0.221. The molecule has 0 aromatic heterocycles. The molecule has 0 aliphatic carbocycles. The smallest absolute Gasteiger partial charge is 0.123 e. The Hall–Kier alpha value is -0.600.